The topological polar surface area (TPSA) is 0 Å². The van der Waals surface area contributed by atoms with Gasteiger partial charge in [-0.1, -0.05) is 19.3 Å². The molecule has 0 aromatic heterocycles. The molecule has 3 rings (SSSR count). The summed E-state index contributed by atoms with van der Waals surface area (Å²) in [5.74, 6) is 0. The van der Waals surface area contributed by atoms with Gasteiger partial charge in [0.15, 0.2) is 0 Å². The molecule has 0 aliphatic heterocycles. The molecule has 0 saturated heterocycles. The standard InChI is InChI=1S/C6H11.2C5H5.ClH.Ti/c1-2-4-6-5-3-1;2*1-2-4-5-3-1;;/h1H,2-6H2;2*1-3H,4H2;1H;/q3*-1;;+3. The predicted octanol–water partition coefficient (Wildman–Crippen LogP) is 5.19. The molecule has 1 radical (unpaired) electrons. The second-order valence-electron chi connectivity index (χ2n) is 3.93. The van der Waals surface area contributed by atoms with Crippen LogP contribution in [0.1, 0.15) is 44.9 Å². The van der Waals surface area contributed by atoms with Crippen LogP contribution in [0.3, 0.4) is 0 Å². The number of rotatable bonds is 0. The molecule has 97 valence electrons. The van der Waals surface area contributed by atoms with E-state index in [9.17, 15) is 0 Å². The van der Waals surface area contributed by atoms with Crippen LogP contribution < -0.4 is 0 Å². The Morgan fingerprint density at radius 3 is 1.39 bits per heavy atom. The van der Waals surface area contributed by atoms with E-state index in [0.29, 0.717) is 0 Å². The zero-order valence-electron chi connectivity index (χ0n) is 10.9. The summed E-state index contributed by atoms with van der Waals surface area (Å²) in [7, 11) is 0. The quantitative estimate of drug-likeness (QED) is 0.426. The van der Waals surface area contributed by atoms with E-state index in [-0.39, 0.29) is 34.1 Å². The molecule has 3 aliphatic rings. The minimum Gasteiger partial charge on any atom is -0.328 e. The zero-order chi connectivity index (χ0) is 11.3. The van der Waals surface area contributed by atoms with Crippen LogP contribution in [-0.2, 0) is 21.7 Å². The van der Waals surface area contributed by atoms with Gasteiger partial charge in [0.1, 0.15) is 0 Å². The third kappa shape index (κ3) is 14.0. The summed E-state index contributed by atoms with van der Waals surface area (Å²) >= 11 is 0. The van der Waals surface area contributed by atoms with E-state index < -0.39 is 0 Å². The molecule has 18 heavy (non-hydrogen) atoms. The molecule has 0 atom stereocenters. The maximum atomic E-state index is 2.99. The van der Waals surface area contributed by atoms with Crippen molar-refractivity contribution in [2.75, 3.05) is 0 Å². The third-order valence-corrected chi connectivity index (χ3v) is 2.49. The second-order valence-corrected chi connectivity index (χ2v) is 3.93. The number of hydrogen-bond donors (Lipinski definition) is 0. The van der Waals surface area contributed by atoms with Gasteiger partial charge in [0.05, 0.1) is 0 Å². The summed E-state index contributed by atoms with van der Waals surface area (Å²) in [6, 6.07) is 0. The van der Waals surface area contributed by atoms with E-state index in [1.54, 1.807) is 0 Å². The fraction of sp³-hybridized carbons (Fsp3) is 0.438. The SMILES string of the molecule is Cl.[C-]1=CC=CC1.[C-]1=CC=CC1.[CH-]1CCCCC1.[Ti+3]. The first-order chi connectivity index (χ1) is 8.00. The molecule has 0 bridgehead atoms. The largest absolute Gasteiger partial charge is 3.00 e. The fourth-order valence-corrected chi connectivity index (χ4v) is 1.58. The Morgan fingerprint density at radius 2 is 1.28 bits per heavy atom. The van der Waals surface area contributed by atoms with Gasteiger partial charge in [0, 0.05) is 0 Å². The van der Waals surface area contributed by atoms with Gasteiger partial charge in [-0.2, -0.15) is 25.0 Å². The van der Waals surface area contributed by atoms with E-state index in [0.717, 1.165) is 12.8 Å². The van der Waals surface area contributed by atoms with E-state index in [1.165, 1.54) is 32.1 Å². The van der Waals surface area contributed by atoms with Crippen LogP contribution in [0.25, 0.3) is 0 Å². The first-order valence-corrected chi connectivity index (χ1v) is 6.25. The monoisotopic (exact) mass is 297 g/mol. The average Bonchev–Trinajstić information content (AvgIpc) is 3.10. The van der Waals surface area contributed by atoms with Crippen molar-refractivity contribution in [1.82, 2.24) is 0 Å². The first-order valence-electron chi connectivity index (χ1n) is 6.25. The van der Waals surface area contributed by atoms with Crippen LogP contribution in [-0.4, -0.2) is 0 Å². The average molecular weight is 298 g/mol. The Labute approximate surface area is 134 Å². The molecular weight excluding hydrogens is 275 g/mol. The minimum atomic E-state index is 0. The Balaban J connectivity index is 0. The van der Waals surface area contributed by atoms with E-state index in [4.69, 9.17) is 0 Å². The summed E-state index contributed by atoms with van der Waals surface area (Å²) in [6.07, 6.45) is 29.5. The fourth-order valence-electron chi connectivity index (χ4n) is 1.58. The van der Waals surface area contributed by atoms with Crippen LogP contribution in [0.4, 0.5) is 0 Å². The van der Waals surface area contributed by atoms with E-state index in [2.05, 4.69) is 30.7 Å². The third-order valence-electron chi connectivity index (χ3n) is 2.49. The van der Waals surface area contributed by atoms with Crippen molar-refractivity contribution in [3.05, 3.63) is 55.0 Å². The Bertz CT molecular complexity index is 207. The molecule has 0 N–H and O–H groups in total. The summed E-state index contributed by atoms with van der Waals surface area (Å²) in [6.45, 7) is 0. The van der Waals surface area contributed by atoms with E-state index >= 15 is 0 Å². The van der Waals surface area contributed by atoms with Crippen LogP contribution in [0.15, 0.2) is 36.5 Å². The van der Waals surface area contributed by atoms with Crippen molar-refractivity contribution in [2.24, 2.45) is 0 Å². The minimum absolute atomic E-state index is 0. The van der Waals surface area contributed by atoms with Gasteiger partial charge in [-0.15, -0.1) is 25.2 Å². The number of halogens is 1. The molecule has 3 aliphatic carbocycles. The Hall–Kier alpha value is -0.0357. The smallest absolute Gasteiger partial charge is 0.328 e. The second kappa shape index (κ2) is 17.0. The normalized spacial score (nSPS) is 17.8. The first kappa shape index (κ1) is 20.3. The molecule has 0 aromatic carbocycles. The summed E-state index contributed by atoms with van der Waals surface area (Å²) < 4.78 is 0. The number of hydrogen-bond acceptors (Lipinski definition) is 0. The van der Waals surface area contributed by atoms with Crippen LogP contribution in [0.5, 0.6) is 0 Å². The molecule has 0 spiro atoms. The van der Waals surface area contributed by atoms with Gasteiger partial charge < -0.3 is 6.42 Å². The summed E-state index contributed by atoms with van der Waals surface area (Å²) in [5, 5.41) is 0. The van der Waals surface area contributed by atoms with Crippen molar-refractivity contribution >= 4 is 12.4 Å². The number of allylic oxidation sites excluding steroid dienone is 8. The maximum Gasteiger partial charge on any atom is 3.00 e. The van der Waals surface area contributed by atoms with Gasteiger partial charge in [0.25, 0.3) is 0 Å². The molecule has 1 saturated carbocycles. The van der Waals surface area contributed by atoms with Crippen molar-refractivity contribution < 1.29 is 21.7 Å². The predicted molar refractivity (Wildman–Crippen MR) is 77.8 cm³/mol. The van der Waals surface area contributed by atoms with Gasteiger partial charge in [-0.05, 0) is 0 Å². The summed E-state index contributed by atoms with van der Waals surface area (Å²) in [4.78, 5) is 0. The van der Waals surface area contributed by atoms with Crippen LogP contribution >= 0.6 is 12.4 Å². The van der Waals surface area contributed by atoms with Gasteiger partial charge in [0.2, 0.25) is 0 Å². The molecule has 0 amide bonds. The molecule has 0 unspecified atom stereocenters. The molecule has 0 heterocycles. The van der Waals surface area contributed by atoms with Crippen LogP contribution in [0.2, 0.25) is 0 Å². The molecule has 2 heteroatoms. The summed E-state index contributed by atoms with van der Waals surface area (Å²) in [5.41, 5.74) is 0. The molecule has 0 aromatic rings. The van der Waals surface area contributed by atoms with Gasteiger partial charge in [-0.25, -0.2) is 24.3 Å². The molecular formula is C16H22ClTi. The maximum absolute atomic E-state index is 2.99. The van der Waals surface area contributed by atoms with Crippen molar-refractivity contribution in [3.63, 3.8) is 0 Å². The van der Waals surface area contributed by atoms with Crippen molar-refractivity contribution in [2.45, 2.75) is 44.9 Å². The zero-order valence-corrected chi connectivity index (χ0v) is 13.3. The van der Waals surface area contributed by atoms with Crippen LogP contribution in [0, 0.1) is 18.6 Å². The van der Waals surface area contributed by atoms with Gasteiger partial charge in [-0.3, -0.25) is 12.2 Å². The van der Waals surface area contributed by atoms with Gasteiger partial charge >= 0.3 is 21.7 Å². The van der Waals surface area contributed by atoms with Crippen molar-refractivity contribution in [3.8, 4) is 0 Å². The Morgan fingerprint density at radius 1 is 0.778 bits per heavy atom. The molecule has 1 fully saturated rings. The van der Waals surface area contributed by atoms with Crippen molar-refractivity contribution in [1.29, 1.82) is 0 Å². The molecule has 0 nitrogen and oxygen atoms in total. The van der Waals surface area contributed by atoms with E-state index in [1.807, 2.05) is 24.3 Å². The Kier molecular flexibility index (Phi) is 19.1.